The number of likely N-dealkylation sites (tertiary alicyclic amines) is 1. The number of β-amino-alcohol motifs (C(OH)–C–C–N with tert-alkyl or cyclic N) is 1. The highest BCUT2D eigenvalue weighted by Crippen LogP contribution is 2.54. The molecule has 3 saturated heterocycles. The van der Waals surface area contributed by atoms with Crippen LogP contribution in [0.5, 0.6) is 0 Å². The molecule has 1 amide bonds. The molecule has 0 radical (unpaired) electrons. The number of aliphatic hydroxyl groups is 1. The Balaban J connectivity index is 1.07. The lowest BCUT2D eigenvalue weighted by molar-refractivity contribution is -0.0222. The maximum atomic E-state index is 13.8. The number of anilines is 4. The molecule has 9 nitrogen and oxygen atoms in total. The molecule has 5 fully saturated rings. The van der Waals surface area contributed by atoms with Crippen LogP contribution >= 0.6 is 11.9 Å². The van der Waals surface area contributed by atoms with Crippen molar-refractivity contribution in [2.75, 3.05) is 65.7 Å². The predicted molar refractivity (Wildman–Crippen MR) is 166 cm³/mol. The van der Waals surface area contributed by atoms with Gasteiger partial charge in [-0.05, 0) is 81.0 Å². The number of aryl methyl sites for hydroxylation is 1. The molecule has 0 bridgehead atoms. The largest absolute Gasteiger partial charge is 0.390 e. The van der Waals surface area contributed by atoms with E-state index in [4.69, 9.17) is 0 Å². The van der Waals surface area contributed by atoms with Gasteiger partial charge in [0.2, 0.25) is 5.95 Å². The van der Waals surface area contributed by atoms with E-state index >= 15 is 0 Å². The van der Waals surface area contributed by atoms with Crippen LogP contribution in [0.15, 0.2) is 24.3 Å². The Labute approximate surface area is 255 Å². The van der Waals surface area contributed by atoms with Crippen LogP contribution in [-0.4, -0.2) is 88.5 Å². The smallest absolute Gasteiger partial charge is 0.258 e. The van der Waals surface area contributed by atoms with E-state index in [2.05, 4.69) is 35.9 Å². The van der Waals surface area contributed by atoms with Crippen molar-refractivity contribution in [2.24, 2.45) is 5.41 Å². The second kappa shape index (κ2) is 11.0. The fourth-order valence-electron chi connectivity index (χ4n) is 6.60. The number of benzene rings is 1. The number of carbonyl (C=O) groups is 1. The maximum Gasteiger partial charge on any atom is 0.258 e. The minimum Gasteiger partial charge on any atom is -0.390 e. The summed E-state index contributed by atoms with van der Waals surface area (Å²) in [5, 5.41) is 12.7. The van der Waals surface area contributed by atoms with Gasteiger partial charge in [-0.2, -0.15) is 4.98 Å². The van der Waals surface area contributed by atoms with Crippen LogP contribution in [0.4, 0.5) is 31.9 Å². The number of aliphatic hydroxyl groups excluding tert-OH is 1. The Morgan fingerprint density at radius 3 is 2.33 bits per heavy atom. The van der Waals surface area contributed by atoms with Gasteiger partial charge in [0.25, 0.3) is 11.8 Å². The summed E-state index contributed by atoms with van der Waals surface area (Å²) in [7, 11) is 0. The highest BCUT2D eigenvalue weighted by Gasteiger charge is 2.47. The van der Waals surface area contributed by atoms with Gasteiger partial charge >= 0.3 is 0 Å². The molecule has 5 aliphatic rings. The van der Waals surface area contributed by atoms with Gasteiger partial charge < -0.3 is 24.9 Å². The molecule has 1 aromatic heterocycles. The minimum absolute atomic E-state index is 0.173. The van der Waals surface area contributed by atoms with Crippen LogP contribution in [-0.2, 0) is 0 Å². The summed E-state index contributed by atoms with van der Waals surface area (Å²) in [6, 6.07) is 7.67. The Hall–Kier alpha value is -2.70. The Kier molecular flexibility index (Phi) is 7.45. The van der Waals surface area contributed by atoms with Crippen LogP contribution in [0, 0.1) is 12.3 Å². The lowest BCUT2D eigenvalue weighted by atomic mass is 9.93. The van der Waals surface area contributed by atoms with E-state index < -0.39 is 5.92 Å². The Morgan fingerprint density at radius 2 is 1.67 bits per heavy atom. The van der Waals surface area contributed by atoms with E-state index in [0.717, 1.165) is 69.8 Å². The first kappa shape index (κ1) is 29.0. The van der Waals surface area contributed by atoms with Gasteiger partial charge in [-0.15, -0.1) is 0 Å². The predicted octanol–water partition coefficient (Wildman–Crippen LogP) is 4.92. The monoisotopic (exact) mass is 613 g/mol. The van der Waals surface area contributed by atoms with Crippen molar-refractivity contribution in [3.05, 3.63) is 35.5 Å². The topological polar surface area (TPSA) is 96.9 Å². The molecule has 4 heterocycles. The van der Waals surface area contributed by atoms with Gasteiger partial charge in [0.05, 0.1) is 17.4 Å². The molecule has 0 unspecified atom stereocenters. The lowest BCUT2D eigenvalue weighted by Gasteiger charge is -2.38. The van der Waals surface area contributed by atoms with Crippen LogP contribution in [0.3, 0.4) is 0 Å². The average molecular weight is 614 g/mol. The molecule has 1 spiro atoms. The first-order valence-electron chi connectivity index (χ1n) is 15.6. The molecule has 7 rings (SSSR count). The number of alkyl halides is 2. The van der Waals surface area contributed by atoms with E-state index in [0.29, 0.717) is 28.4 Å². The van der Waals surface area contributed by atoms with Crippen LogP contribution in [0.25, 0.3) is 0 Å². The molecule has 1 aromatic carbocycles. The molecule has 3 aliphatic heterocycles. The maximum absolute atomic E-state index is 13.8. The number of nitrogens with one attached hydrogen (secondary N) is 2. The third-order valence-corrected chi connectivity index (χ3v) is 11.2. The number of carbonyl (C=O) groups excluding carboxylic acids is 1. The normalized spacial score (nSPS) is 24.0. The lowest BCUT2D eigenvalue weighted by Crippen LogP contribution is -2.53. The third-order valence-electron chi connectivity index (χ3n) is 9.87. The molecule has 0 atom stereocenters. The number of hydrogen-bond acceptors (Lipinski definition) is 9. The highest BCUT2D eigenvalue weighted by atomic mass is 32.2. The first-order valence-corrected chi connectivity index (χ1v) is 16.4. The van der Waals surface area contributed by atoms with E-state index in [1.54, 1.807) is 22.9 Å². The molecule has 2 aliphatic carbocycles. The first-order chi connectivity index (χ1) is 20.6. The summed E-state index contributed by atoms with van der Waals surface area (Å²) in [4.78, 5) is 29.2. The van der Waals surface area contributed by atoms with Gasteiger partial charge in [0, 0.05) is 80.8 Å². The van der Waals surface area contributed by atoms with Crippen molar-refractivity contribution < 1.29 is 18.7 Å². The zero-order chi connectivity index (χ0) is 29.8. The van der Waals surface area contributed by atoms with Crippen molar-refractivity contribution >= 4 is 41.0 Å². The van der Waals surface area contributed by atoms with Gasteiger partial charge in [-0.3, -0.25) is 9.69 Å². The second-order valence-corrected chi connectivity index (χ2v) is 14.7. The number of halogens is 2. The van der Waals surface area contributed by atoms with Gasteiger partial charge in [0.1, 0.15) is 5.82 Å². The number of rotatable bonds is 9. The fraction of sp³-hybridized carbons (Fsp3) is 0.645. The Bertz CT molecular complexity index is 1360. The number of hydrogen-bond donors (Lipinski definition) is 3. The van der Waals surface area contributed by atoms with Crippen molar-refractivity contribution in [3.8, 4) is 0 Å². The van der Waals surface area contributed by atoms with Crippen molar-refractivity contribution in [2.45, 2.75) is 75.1 Å². The number of nitrogens with zero attached hydrogens (tertiary/aromatic N) is 5. The molecule has 2 aromatic rings. The second-order valence-electron chi connectivity index (χ2n) is 13.4. The zero-order valence-electron chi connectivity index (χ0n) is 24.7. The van der Waals surface area contributed by atoms with Gasteiger partial charge in [0.15, 0.2) is 0 Å². The molecule has 12 heteroatoms. The number of amides is 1. The van der Waals surface area contributed by atoms with E-state index in [-0.39, 0.29) is 42.7 Å². The number of piperidine rings is 2. The molecule has 3 N–H and O–H groups in total. The summed E-state index contributed by atoms with van der Waals surface area (Å²) in [6.07, 6.45) is 6.58. The van der Waals surface area contributed by atoms with E-state index in [1.807, 2.05) is 19.1 Å². The summed E-state index contributed by atoms with van der Waals surface area (Å²) in [6.45, 7) is 6.52. The van der Waals surface area contributed by atoms with Gasteiger partial charge in [-0.25, -0.2) is 13.8 Å². The molecule has 232 valence electrons. The SMILES string of the molecule is Cc1cc(NC(=O)c2ccc(NSC3(CN4CC(O)C4)CC3)cc2N2CCC3(CC2)CC3)nc(N2CCC(F)(F)CC2)n1. The minimum atomic E-state index is -2.65. The summed E-state index contributed by atoms with van der Waals surface area (Å²) in [5.41, 5.74) is 3.66. The molecular weight excluding hydrogens is 572 g/mol. The van der Waals surface area contributed by atoms with Crippen LogP contribution in [0.2, 0.25) is 0 Å². The fourth-order valence-corrected chi connectivity index (χ4v) is 7.62. The zero-order valence-corrected chi connectivity index (χ0v) is 25.6. The Morgan fingerprint density at radius 1 is 0.977 bits per heavy atom. The highest BCUT2D eigenvalue weighted by molar-refractivity contribution is 8.02. The van der Waals surface area contributed by atoms with Crippen LogP contribution in [0.1, 0.15) is 67.4 Å². The van der Waals surface area contributed by atoms with E-state index in [9.17, 15) is 18.7 Å². The quantitative estimate of drug-likeness (QED) is 0.341. The summed E-state index contributed by atoms with van der Waals surface area (Å²) >= 11 is 1.76. The average Bonchev–Trinajstić information content (AvgIpc) is 3.89. The summed E-state index contributed by atoms with van der Waals surface area (Å²) in [5.74, 6) is -2.16. The number of aromatic nitrogens is 2. The molecule has 43 heavy (non-hydrogen) atoms. The molecular formula is C31H41F2N7O2S. The standard InChI is InChI=1S/C31H41F2N7O2S/c1-21-16-26(36-28(34-21)40-14-10-31(32,33)11-15-40)35-27(42)24-3-2-22(17-25(24)39-12-8-29(4-5-29)9-13-39)37-43-30(6-7-30)20-38-18-23(41)19-38/h2-3,16-17,23,37,41H,4-15,18-20H2,1H3,(H,34,35,36,42). The van der Waals surface area contributed by atoms with Gasteiger partial charge in [-0.1, -0.05) is 0 Å². The van der Waals surface area contributed by atoms with Crippen molar-refractivity contribution in [1.82, 2.24) is 14.9 Å². The van der Waals surface area contributed by atoms with Crippen molar-refractivity contribution in [3.63, 3.8) is 0 Å². The third kappa shape index (κ3) is 6.56. The van der Waals surface area contributed by atoms with Crippen molar-refractivity contribution in [1.29, 1.82) is 0 Å². The summed E-state index contributed by atoms with van der Waals surface area (Å²) < 4.78 is 31.2. The van der Waals surface area contributed by atoms with Crippen LogP contribution < -0.4 is 19.8 Å². The van der Waals surface area contributed by atoms with E-state index in [1.165, 1.54) is 12.8 Å². The molecule has 2 saturated carbocycles.